The van der Waals surface area contributed by atoms with Gasteiger partial charge in [0.15, 0.2) is 0 Å². The van der Waals surface area contributed by atoms with Crippen LogP contribution in [0.2, 0.25) is 0 Å². The van der Waals surface area contributed by atoms with E-state index >= 15 is 0 Å². The second kappa shape index (κ2) is 5.11. The standard InChI is InChI=1S/C11H14N2O4/c14-7-8-6-13(3-4-17-8)10-5-12-2-1-9(10)11(15)16/h1-2,5,8,14H,3-4,6-7H2,(H,15,16). The predicted molar refractivity (Wildman–Crippen MR) is 60.2 cm³/mol. The largest absolute Gasteiger partial charge is 0.478 e. The van der Waals surface area contributed by atoms with Gasteiger partial charge in [-0.05, 0) is 6.07 Å². The van der Waals surface area contributed by atoms with E-state index in [1.807, 2.05) is 4.90 Å². The Bertz CT molecular complexity index is 410. The number of ether oxygens (including phenoxy) is 1. The fourth-order valence-corrected chi connectivity index (χ4v) is 1.87. The van der Waals surface area contributed by atoms with E-state index in [1.165, 1.54) is 18.5 Å². The molecule has 6 nitrogen and oxygen atoms in total. The number of carboxylic acid groups (broad SMARTS) is 1. The summed E-state index contributed by atoms with van der Waals surface area (Å²) in [5.41, 5.74) is 0.792. The Hall–Kier alpha value is -1.66. The van der Waals surface area contributed by atoms with Crippen molar-refractivity contribution in [1.29, 1.82) is 0 Å². The molecule has 0 radical (unpaired) electrons. The van der Waals surface area contributed by atoms with Gasteiger partial charge in [0.05, 0.1) is 36.8 Å². The summed E-state index contributed by atoms with van der Waals surface area (Å²) in [6.45, 7) is 1.48. The van der Waals surface area contributed by atoms with Gasteiger partial charge < -0.3 is 19.8 Å². The molecule has 0 bridgehead atoms. The van der Waals surface area contributed by atoms with Crippen molar-refractivity contribution in [2.75, 3.05) is 31.2 Å². The van der Waals surface area contributed by atoms with Crippen LogP contribution < -0.4 is 4.90 Å². The van der Waals surface area contributed by atoms with Crippen LogP contribution in [0, 0.1) is 0 Å². The summed E-state index contributed by atoms with van der Waals surface area (Å²) in [6.07, 6.45) is 2.71. The van der Waals surface area contributed by atoms with Gasteiger partial charge in [0.2, 0.25) is 0 Å². The van der Waals surface area contributed by atoms with Crippen LogP contribution >= 0.6 is 0 Å². The third-order valence-corrected chi connectivity index (χ3v) is 2.71. The first-order chi connectivity index (χ1) is 8.22. The van der Waals surface area contributed by atoms with Gasteiger partial charge in [-0.15, -0.1) is 0 Å². The Balaban J connectivity index is 2.24. The Morgan fingerprint density at radius 2 is 2.47 bits per heavy atom. The van der Waals surface area contributed by atoms with Crippen LogP contribution in [-0.2, 0) is 4.74 Å². The highest BCUT2D eigenvalue weighted by Gasteiger charge is 2.23. The average molecular weight is 238 g/mol. The van der Waals surface area contributed by atoms with E-state index in [4.69, 9.17) is 14.9 Å². The molecule has 1 aliphatic heterocycles. The first-order valence-corrected chi connectivity index (χ1v) is 5.37. The van der Waals surface area contributed by atoms with Gasteiger partial charge >= 0.3 is 5.97 Å². The van der Waals surface area contributed by atoms with E-state index in [9.17, 15) is 4.79 Å². The molecule has 1 saturated heterocycles. The molecule has 0 aliphatic carbocycles. The number of aliphatic hydroxyl groups excluding tert-OH is 1. The van der Waals surface area contributed by atoms with Crippen molar-refractivity contribution < 1.29 is 19.7 Å². The van der Waals surface area contributed by atoms with Gasteiger partial charge in [-0.1, -0.05) is 0 Å². The highest BCUT2D eigenvalue weighted by atomic mass is 16.5. The lowest BCUT2D eigenvalue weighted by Crippen LogP contribution is -2.44. The summed E-state index contributed by atoms with van der Waals surface area (Å²) in [5.74, 6) is -0.977. The lowest BCUT2D eigenvalue weighted by molar-refractivity contribution is 0.00348. The minimum Gasteiger partial charge on any atom is -0.478 e. The molecule has 0 aromatic carbocycles. The summed E-state index contributed by atoms with van der Waals surface area (Å²) in [5, 5.41) is 18.1. The van der Waals surface area contributed by atoms with Gasteiger partial charge in [0.25, 0.3) is 0 Å². The second-order valence-corrected chi connectivity index (χ2v) is 3.82. The summed E-state index contributed by atoms with van der Waals surface area (Å²) in [6, 6.07) is 1.47. The summed E-state index contributed by atoms with van der Waals surface area (Å²) in [7, 11) is 0. The zero-order valence-electron chi connectivity index (χ0n) is 9.24. The predicted octanol–water partition coefficient (Wildman–Crippen LogP) is -0.0227. The number of carbonyl (C=O) groups is 1. The highest BCUT2D eigenvalue weighted by molar-refractivity contribution is 5.94. The van der Waals surface area contributed by atoms with Crippen molar-refractivity contribution in [1.82, 2.24) is 4.98 Å². The van der Waals surface area contributed by atoms with Gasteiger partial charge in [-0.2, -0.15) is 0 Å². The molecule has 92 valence electrons. The summed E-state index contributed by atoms with van der Waals surface area (Å²) in [4.78, 5) is 16.9. The van der Waals surface area contributed by atoms with Crippen LogP contribution in [-0.4, -0.2) is 53.6 Å². The summed E-state index contributed by atoms with van der Waals surface area (Å²) < 4.78 is 5.32. The van der Waals surface area contributed by atoms with Crippen molar-refractivity contribution in [3.8, 4) is 0 Å². The molecular formula is C11H14N2O4. The molecule has 17 heavy (non-hydrogen) atoms. The zero-order valence-corrected chi connectivity index (χ0v) is 9.24. The van der Waals surface area contributed by atoms with Crippen LogP contribution in [0.5, 0.6) is 0 Å². The van der Waals surface area contributed by atoms with Crippen molar-refractivity contribution in [3.63, 3.8) is 0 Å². The molecule has 2 rings (SSSR count). The minimum atomic E-state index is -0.977. The first-order valence-electron chi connectivity index (χ1n) is 5.37. The van der Waals surface area contributed by atoms with E-state index in [2.05, 4.69) is 4.98 Å². The molecule has 1 unspecified atom stereocenters. The lowest BCUT2D eigenvalue weighted by atomic mass is 10.2. The molecule has 0 saturated carbocycles. The molecule has 1 atom stereocenters. The quantitative estimate of drug-likeness (QED) is 0.770. The fourth-order valence-electron chi connectivity index (χ4n) is 1.87. The number of hydrogen-bond donors (Lipinski definition) is 2. The average Bonchev–Trinajstić information content (AvgIpc) is 2.39. The number of morpholine rings is 1. The zero-order chi connectivity index (χ0) is 12.3. The fraction of sp³-hybridized carbons (Fsp3) is 0.455. The van der Waals surface area contributed by atoms with E-state index in [0.29, 0.717) is 25.4 Å². The van der Waals surface area contributed by atoms with Gasteiger partial charge in [0, 0.05) is 19.3 Å². The number of carboxylic acids is 1. The Morgan fingerprint density at radius 3 is 3.18 bits per heavy atom. The molecule has 1 aliphatic rings. The Labute approximate surface area is 98.5 Å². The maximum Gasteiger partial charge on any atom is 0.337 e. The molecule has 2 N–H and O–H groups in total. The van der Waals surface area contributed by atoms with E-state index in [-0.39, 0.29) is 18.3 Å². The lowest BCUT2D eigenvalue weighted by Gasteiger charge is -2.34. The van der Waals surface area contributed by atoms with E-state index in [0.717, 1.165) is 0 Å². The SMILES string of the molecule is O=C(O)c1ccncc1N1CCOC(CO)C1. The topological polar surface area (TPSA) is 82.9 Å². The van der Waals surface area contributed by atoms with Gasteiger partial charge in [-0.25, -0.2) is 4.79 Å². The van der Waals surface area contributed by atoms with Crippen molar-refractivity contribution in [2.45, 2.75) is 6.10 Å². The number of hydrogen-bond acceptors (Lipinski definition) is 5. The molecule has 0 amide bonds. The summed E-state index contributed by atoms with van der Waals surface area (Å²) >= 11 is 0. The number of aromatic carboxylic acids is 1. The normalized spacial score (nSPS) is 20.3. The van der Waals surface area contributed by atoms with E-state index < -0.39 is 5.97 Å². The maximum atomic E-state index is 11.1. The molecular weight excluding hydrogens is 224 g/mol. The maximum absolute atomic E-state index is 11.1. The molecule has 0 spiro atoms. The Kier molecular flexibility index (Phi) is 3.55. The number of aromatic nitrogens is 1. The van der Waals surface area contributed by atoms with Crippen molar-refractivity contribution in [3.05, 3.63) is 24.0 Å². The third kappa shape index (κ3) is 2.54. The molecule has 1 aromatic heterocycles. The smallest absolute Gasteiger partial charge is 0.337 e. The van der Waals surface area contributed by atoms with Crippen LogP contribution in [0.25, 0.3) is 0 Å². The van der Waals surface area contributed by atoms with Crippen LogP contribution in [0.1, 0.15) is 10.4 Å². The molecule has 1 fully saturated rings. The molecule has 6 heteroatoms. The number of nitrogens with zero attached hydrogens (tertiary/aromatic N) is 2. The van der Waals surface area contributed by atoms with Crippen LogP contribution in [0.4, 0.5) is 5.69 Å². The first kappa shape index (κ1) is 11.8. The number of rotatable bonds is 3. The molecule has 1 aromatic rings. The monoisotopic (exact) mass is 238 g/mol. The second-order valence-electron chi connectivity index (χ2n) is 3.82. The van der Waals surface area contributed by atoms with Crippen molar-refractivity contribution >= 4 is 11.7 Å². The van der Waals surface area contributed by atoms with Crippen LogP contribution in [0.3, 0.4) is 0 Å². The van der Waals surface area contributed by atoms with E-state index in [1.54, 1.807) is 0 Å². The number of anilines is 1. The Morgan fingerprint density at radius 1 is 1.65 bits per heavy atom. The number of pyridine rings is 1. The van der Waals surface area contributed by atoms with Gasteiger partial charge in [-0.3, -0.25) is 4.98 Å². The van der Waals surface area contributed by atoms with Crippen LogP contribution in [0.15, 0.2) is 18.5 Å². The number of aliphatic hydroxyl groups is 1. The van der Waals surface area contributed by atoms with Crippen molar-refractivity contribution in [2.24, 2.45) is 0 Å². The van der Waals surface area contributed by atoms with Gasteiger partial charge in [0.1, 0.15) is 0 Å². The third-order valence-electron chi connectivity index (χ3n) is 2.71. The minimum absolute atomic E-state index is 0.0703. The highest BCUT2D eigenvalue weighted by Crippen LogP contribution is 2.21. The molecule has 2 heterocycles.